The van der Waals surface area contributed by atoms with Gasteiger partial charge in [0.25, 0.3) is 0 Å². The van der Waals surface area contributed by atoms with Gasteiger partial charge in [-0.25, -0.2) is 5.43 Å². The van der Waals surface area contributed by atoms with Gasteiger partial charge in [-0.1, -0.05) is 19.1 Å². The first kappa shape index (κ1) is 15.7. The molecule has 1 aromatic carbocycles. The maximum atomic E-state index is 11.3. The second-order valence-electron chi connectivity index (χ2n) is 3.94. The van der Waals surface area contributed by atoms with Crippen LogP contribution in [0, 0.1) is 0 Å². The predicted molar refractivity (Wildman–Crippen MR) is 76.6 cm³/mol. The van der Waals surface area contributed by atoms with E-state index in [2.05, 4.69) is 15.8 Å². The van der Waals surface area contributed by atoms with Gasteiger partial charge in [-0.2, -0.15) is 5.10 Å². The summed E-state index contributed by atoms with van der Waals surface area (Å²) in [6.45, 7) is 4.75. The first-order chi connectivity index (χ1) is 9.69. The summed E-state index contributed by atoms with van der Waals surface area (Å²) in [5.41, 5.74) is 2.90. The van der Waals surface area contributed by atoms with E-state index in [9.17, 15) is 9.59 Å². The zero-order valence-corrected chi connectivity index (χ0v) is 11.7. The van der Waals surface area contributed by atoms with Crippen molar-refractivity contribution >= 4 is 18.0 Å². The predicted octanol–water partition coefficient (Wildman–Crippen LogP) is 1.06. The number of benzene rings is 1. The van der Waals surface area contributed by atoms with Crippen LogP contribution in [-0.2, 0) is 9.59 Å². The van der Waals surface area contributed by atoms with Crippen molar-refractivity contribution in [3.05, 3.63) is 29.8 Å². The van der Waals surface area contributed by atoms with Gasteiger partial charge in [0.05, 0.1) is 12.8 Å². The smallest absolute Gasteiger partial charge is 0.329 e. The maximum Gasteiger partial charge on any atom is 0.329 e. The van der Waals surface area contributed by atoms with Gasteiger partial charge in [0.15, 0.2) is 0 Å². The van der Waals surface area contributed by atoms with Crippen LogP contribution in [0.4, 0.5) is 0 Å². The van der Waals surface area contributed by atoms with E-state index in [1.807, 2.05) is 31.2 Å². The van der Waals surface area contributed by atoms with E-state index in [0.717, 1.165) is 12.0 Å². The first-order valence-corrected chi connectivity index (χ1v) is 6.52. The number of hydrogen-bond donors (Lipinski definition) is 2. The molecule has 0 heterocycles. The van der Waals surface area contributed by atoms with Gasteiger partial charge in [-0.15, -0.1) is 0 Å². The summed E-state index contributed by atoms with van der Waals surface area (Å²) in [5.74, 6) is -0.819. The number of carbonyl (C=O) groups is 2. The third kappa shape index (κ3) is 5.09. The Bertz CT molecular complexity index is 486. The standard InChI is InChI=1S/C14H19N3O3/c1-3-9-20-12-8-6-5-7-11(12)10-16-17-14(19)13(18)15-4-2/h5-8,10H,3-4,9H2,1-2H3,(H,15,18)(H,17,19)/b16-10-. The Morgan fingerprint density at radius 2 is 2.00 bits per heavy atom. The normalized spacial score (nSPS) is 10.3. The Hall–Kier alpha value is -2.37. The largest absolute Gasteiger partial charge is 0.493 e. The van der Waals surface area contributed by atoms with Crippen molar-refractivity contribution in [1.29, 1.82) is 0 Å². The molecule has 20 heavy (non-hydrogen) atoms. The summed E-state index contributed by atoms with van der Waals surface area (Å²) in [6, 6.07) is 7.33. The summed E-state index contributed by atoms with van der Waals surface area (Å²) in [6.07, 6.45) is 2.35. The molecule has 108 valence electrons. The van der Waals surface area contributed by atoms with E-state index in [-0.39, 0.29) is 0 Å². The Balaban J connectivity index is 2.61. The Morgan fingerprint density at radius 1 is 1.25 bits per heavy atom. The molecule has 0 atom stereocenters. The molecule has 0 aliphatic heterocycles. The van der Waals surface area contributed by atoms with Crippen LogP contribution in [0.25, 0.3) is 0 Å². The highest BCUT2D eigenvalue weighted by molar-refractivity contribution is 6.35. The second kappa shape index (κ2) is 8.68. The molecule has 0 aliphatic rings. The number of carbonyl (C=O) groups excluding carboxylic acids is 2. The molecule has 6 nitrogen and oxygen atoms in total. The van der Waals surface area contributed by atoms with Crippen LogP contribution in [0.1, 0.15) is 25.8 Å². The second-order valence-corrected chi connectivity index (χ2v) is 3.94. The zero-order valence-electron chi connectivity index (χ0n) is 11.7. The fourth-order valence-corrected chi connectivity index (χ4v) is 1.38. The highest BCUT2D eigenvalue weighted by Crippen LogP contribution is 2.15. The van der Waals surface area contributed by atoms with Crippen molar-refractivity contribution in [2.45, 2.75) is 20.3 Å². The Morgan fingerprint density at radius 3 is 2.70 bits per heavy atom. The van der Waals surface area contributed by atoms with Gasteiger partial charge in [0.2, 0.25) is 0 Å². The van der Waals surface area contributed by atoms with Crippen LogP contribution in [0.15, 0.2) is 29.4 Å². The molecule has 1 aromatic rings. The third-order valence-corrected chi connectivity index (χ3v) is 2.29. The molecule has 6 heteroatoms. The summed E-state index contributed by atoms with van der Waals surface area (Å²) < 4.78 is 5.55. The molecule has 0 bridgehead atoms. The minimum atomic E-state index is -0.796. The van der Waals surface area contributed by atoms with Crippen molar-refractivity contribution in [2.24, 2.45) is 5.10 Å². The van der Waals surface area contributed by atoms with Crippen molar-refractivity contribution in [2.75, 3.05) is 13.2 Å². The van der Waals surface area contributed by atoms with Crippen molar-refractivity contribution < 1.29 is 14.3 Å². The van der Waals surface area contributed by atoms with Gasteiger partial charge in [0.1, 0.15) is 5.75 Å². The average molecular weight is 277 g/mol. The van der Waals surface area contributed by atoms with E-state index in [1.54, 1.807) is 6.92 Å². The number of hydrazone groups is 1. The van der Waals surface area contributed by atoms with Gasteiger partial charge in [-0.3, -0.25) is 9.59 Å². The third-order valence-electron chi connectivity index (χ3n) is 2.29. The first-order valence-electron chi connectivity index (χ1n) is 6.52. The number of para-hydroxylation sites is 1. The molecular weight excluding hydrogens is 258 g/mol. The lowest BCUT2D eigenvalue weighted by Crippen LogP contribution is -2.37. The Kier molecular flexibility index (Phi) is 6.81. The number of nitrogens with one attached hydrogen (secondary N) is 2. The number of ether oxygens (including phenoxy) is 1. The van der Waals surface area contributed by atoms with Gasteiger partial charge >= 0.3 is 11.8 Å². The molecule has 0 saturated carbocycles. The van der Waals surface area contributed by atoms with E-state index in [1.165, 1.54) is 6.21 Å². The number of amides is 2. The molecular formula is C14H19N3O3. The molecule has 2 N–H and O–H groups in total. The molecule has 2 amide bonds. The van der Waals surface area contributed by atoms with Gasteiger partial charge in [0, 0.05) is 12.1 Å². The minimum Gasteiger partial charge on any atom is -0.493 e. The van der Waals surface area contributed by atoms with E-state index >= 15 is 0 Å². The van der Waals surface area contributed by atoms with Gasteiger partial charge in [-0.05, 0) is 25.5 Å². The monoisotopic (exact) mass is 277 g/mol. The lowest BCUT2D eigenvalue weighted by molar-refractivity contribution is -0.139. The summed E-state index contributed by atoms with van der Waals surface area (Å²) in [4.78, 5) is 22.5. The summed E-state index contributed by atoms with van der Waals surface area (Å²) in [5, 5.41) is 6.13. The van der Waals surface area contributed by atoms with E-state index < -0.39 is 11.8 Å². The number of rotatable bonds is 6. The zero-order chi connectivity index (χ0) is 14.8. The van der Waals surface area contributed by atoms with Crippen LogP contribution in [0.2, 0.25) is 0 Å². The minimum absolute atomic E-state index is 0.393. The molecule has 0 radical (unpaired) electrons. The van der Waals surface area contributed by atoms with Crippen molar-refractivity contribution in [1.82, 2.24) is 10.7 Å². The molecule has 0 fully saturated rings. The van der Waals surface area contributed by atoms with Crippen LogP contribution < -0.4 is 15.5 Å². The van der Waals surface area contributed by atoms with Crippen molar-refractivity contribution in [3.63, 3.8) is 0 Å². The summed E-state index contributed by atoms with van der Waals surface area (Å²) >= 11 is 0. The molecule has 0 spiro atoms. The highest BCUT2D eigenvalue weighted by atomic mass is 16.5. The van der Waals surface area contributed by atoms with E-state index in [0.29, 0.717) is 18.9 Å². The number of nitrogens with zero attached hydrogens (tertiary/aromatic N) is 1. The fourth-order valence-electron chi connectivity index (χ4n) is 1.38. The average Bonchev–Trinajstić information content (AvgIpc) is 2.46. The quantitative estimate of drug-likeness (QED) is 0.463. The van der Waals surface area contributed by atoms with Crippen molar-refractivity contribution in [3.8, 4) is 5.75 Å². The van der Waals surface area contributed by atoms with Crippen LogP contribution >= 0.6 is 0 Å². The maximum absolute atomic E-state index is 11.3. The number of likely N-dealkylation sites (N-methyl/N-ethyl adjacent to an activating group) is 1. The molecule has 0 saturated heterocycles. The molecule has 0 aromatic heterocycles. The van der Waals surface area contributed by atoms with Gasteiger partial charge < -0.3 is 10.1 Å². The topological polar surface area (TPSA) is 79.8 Å². The van der Waals surface area contributed by atoms with Crippen LogP contribution in [0.5, 0.6) is 5.75 Å². The molecule has 1 rings (SSSR count). The van der Waals surface area contributed by atoms with Crippen LogP contribution in [0.3, 0.4) is 0 Å². The molecule has 0 aliphatic carbocycles. The SMILES string of the molecule is CCCOc1ccccc1/C=N\NC(=O)C(=O)NCC. The lowest BCUT2D eigenvalue weighted by atomic mass is 10.2. The fraction of sp³-hybridized carbons (Fsp3) is 0.357. The molecule has 0 unspecified atom stereocenters. The summed E-state index contributed by atoms with van der Waals surface area (Å²) in [7, 11) is 0. The Labute approximate surface area is 118 Å². The van der Waals surface area contributed by atoms with Crippen LogP contribution in [-0.4, -0.2) is 31.2 Å². The number of hydrogen-bond acceptors (Lipinski definition) is 4. The highest BCUT2D eigenvalue weighted by Gasteiger charge is 2.10. The van der Waals surface area contributed by atoms with E-state index in [4.69, 9.17) is 4.74 Å². The lowest BCUT2D eigenvalue weighted by Gasteiger charge is -2.07.